The third-order valence-electron chi connectivity index (χ3n) is 11.4. The number of carboxylic acid groups (broad SMARTS) is 1. The molecule has 0 bridgehead atoms. The topological polar surface area (TPSA) is 99.1 Å². The average molecular weight is 823 g/mol. The number of carbonyl (C=O) groups is 3. The van der Waals surface area contributed by atoms with Gasteiger partial charge in [0.05, 0.1) is 34.4 Å². The Bertz CT molecular complexity index is 962. The Balaban J connectivity index is 4.21. The first-order chi connectivity index (χ1) is 28.1. The van der Waals surface area contributed by atoms with Crippen molar-refractivity contribution in [3.8, 4) is 0 Å². The summed E-state index contributed by atoms with van der Waals surface area (Å²) < 4.78 is 17.3. The van der Waals surface area contributed by atoms with E-state index in [0.717, 1.165) is 51.4 Å². The maximum Gasteiger partial charge on any atom is 0.362 e. The van der Waals surface area contributed by atoms with Crippen LogP contribution in [0.5, 0.6) is 0 Å². The summed E-state index contributed by atoms with van der Waals surface area (Å²) in [5, 5.41) is 9.63. The Kier molecular flexibility index (Phi) is 40.4. The Morgan fingerprint density at radius 1 is 0.500 bits per heavy atom. The molecule has 0 fully saturated rings. The minimum atomic E-state index is -0.873. The molecule has 0 saturated heterocycles. The molecule has 0 spiro atoms. The normalized spacial score (nSPS) is 12.9. The number of hydrogen-bond donors (Lipinski definition) is 1. The largest absolute Gasteiger partial charge is 0.477 e. The molecule has 0 aliphatic carbocycles. The molecule has 2 unspecified atom stereocenters. The highest BCUT2D eigenvalue weighted by atomic mass is 16.6. The van der Waals surface area contributed by atoms with E-state index in [1.165, 1.54) is 154 Å². The molecular formula is C50H96NO7+. The predicted molar refractivity (Wildman–Crippen MR) is 243 cm³/mol. The zero-order valence-electron chi connectivity index (χ0n) is 39.0. The number of hydrogen-bond acceptors (Lipinski definition) is 6. The Morgan fingerprint density at radius 3 is 1.24 bits per heavy atom. The zero-order valence-corrected chi connectivity index (χ0v) is 39.0. The summed E-state index contributed by atoms with van der Waals surface area (Å²) in [6.07, 6.45) is 45.4. The SMILES string of the molecule is CCCCCCC/C=C\CCCCCCCC(=O)OC(COCCC(C(=O)O)[N+](C)(C)C)COC(=O)CCCCCCCCCCCCCCCCCCCCCC. The van der Waals surface area contributed by atoms with Crippen LogP contribution in [0.4, 0.5) is 0 Å². The molecule has 0 aromatic rings. The van der Waals surface area contributed by atoms with Crippen LogP contribution in [-0.2, 0) is 28.6 Å². The minimum Gasteiger partial charge on any atom is -0.477 e. The molecule has 8 nitrogen and oxygen atoms in total. The first-order valence-corrected chi connectivity index (χ1v) is 24.7. The van der Waals surface area contributed by atoms with E-state index >= 15 is 0 Å². The molecule has 0 rings (SSSR count). The molecule has 0 amide bonds. The molecule has 58 heavy (non-hydrogen) atoms. The number of carboxylic acids is 1. The molecule has 8 heteroatoms. The number of ether oxygens (including phenoxy) is 3. The number of unbranched alkanes of at least 4 members (excludes halogenated alkanes) is 29. The smallest absolute Gasteiger partial charge is 0.362 e. The number of esters is 2. The van der Waals surface area contributed by atoms with Gasteiger partial charge < -0.3 is 23.8 Å². The van der Waals surface area contributed by atoms with Crippen molar-refractivity contribution in [1.29, 1.82) is 0 Å². The van der Waals surface area contributed by atoms with Crippen molar-refractivity contribution in [2.75, 3.05) is 41.0 Å². The molecule has 1 N–H and O–H groups in total. The second-order valence-corrected chi connectivity index (χ2v) is 18.1. The Labute approximate surface area is 359 Å². The van der Waals surface area contributed by atoms with Gasteiger partial charge in [0.25, 0.3) is 0 Å². The number of nitrogens with zero attached hydrogens (tertiary/aromatic N) is 1. The van der Waals surface area contributed by atoms with Crippen molar-refractivity contribution in [3.63, 3.8) is 0 Å². The van der Waals surface area contributed by atoms with Gasteiger partial charge in [0.2, 0.25) is 0 Å². The molecule has 0 aliphatic heterocycles. The second-order valence-electron chi connectivity index (χ2n) is 18.1. The van der Waals surface area contributed by atoms with Crippen LogP contribution in [0.15, 0.2) is 12.2 Å². The number of quaternary nitrogens is 1. The fraction of sp³-hybridized carbons (Fsp3) is 0.900. The van der Waals surface area contributed by atoms with Crippen LogP contribution in [0, 0.1) is 0 Å². The molecule has 0 radical (unpaired) electrons. The molecular weight excluding hydrogens is 727 g/mol. The van der Waals surface area contributed by atoms with Gasteiger partial charge in [-0.1, -0.05) is 193 Å². The van der Waals surface area contributed by atoms with Gasteiger partial charge in [-0.05, 0) is 38.5 Å². The highest BCUT2D eigenvalue weighted by Crippen LogP contribution is 2.16. The average Bonchev–Trinajstić information content (AvgIpc) is 3.18. The quantitative estimate of drug-likeness (QED) is 0.0283. The molecule has 0 aliphatic rings. The lowest BCUT2D eigenvalue weighted by Gasteiger charge is -2.31. The van der Waals surface area contributed by atoms with Crippen molar-refractivity contribution in [3.05, 3.63) is 12.2 Å². The van der Waals surface area contributed by atoms with Gasteiger partial charge >= 0.3 is 17.9 Å². The van der Waals surface area contributed by atoms with Crippen molar-refractivity contribution in [2.24, 2.45) is 0 Å². The molecule has 0 saturated carbocycles. The predicted octanol–water partition coefficient (Wildman–Crippen LogP) is 13.9. The van der Waals surface area contributed by atoms with Crippen LogP contribution in [0.3, 0.4) is 0 Å². The van der Waals surface area contributed by atoms with Crippen molar-refractivity contribution >= 4 is 17.9 Å². The fourth-order valence-electron chi connectivity index (χ4n) is 7.56. The van der Waals surface area contributed by atoms with E-state index in [0.29, 0.717) is 19.3 Å². The number of carbonyl (C=O) groups excluding carboxylic acids is 2. The summed E-state index contributed by atoms with van der Waals surface area (Å²) in [5.41, 5.74) is 0. The van der Waals surface area contributed by atoms with Gasteiger partial charge in [-0.3, -0.25) is 9.59 Å². The van der Waals surface area contributed by atoms with E-state index in [1.54, 1.807) is 0 Å². The maximum atomic E-state index is 12.7. The minimum absolute atomic E-state index is 0.0479. The van der Waals surface area contributed by atoms with E-state index < -0.39 is 18.1 Å². The van der Waals surface area contributed by atoms with Crippen molar-refractivity contribution in [2.45, 2.75) is 251 Å². The van der Waals surface area contributed by atoms with Crippen molar-refractivity contribution < 1.29 is 38.2 Å². The van der Waals surface area contributed by atoms with E-state index in [9.17, 15) is 19.5 Å². The third kappa shape index (κ3) is 39.5. The highest BCUT2D eigenvalue weighted by Gasteiger charge is 2.31. The van der Waals surface area contributed by atoms with Crippen LogP contribution < -0.4 is 0 Å². The lowest BCUT2D eigenvalue weighted by Crippen LogP contribution is -2.50. The third-order valence-corrected chi connectivity index (χ3v) is 11.4. The summed E-state index contributed by atoms with van der Waals surface area (Å²) in [6.45, 7) is 4.76. The fourth-order valence-corrected chi connectivity index (χ4v) is 7.56. The summed E-state index contributed by atoms with van der Waals surface area (Å²) >= 11 is 0. The van der Waals surface area contributed by atoms with E-state index in [2.05, 4.69) is 26.0 Å². The van der Waals surface area contributed by atoms with Crippen LogP contribution in [-0.4, -0.2) is 80.6 Å². The number of rotatable bonds is 45. The lowest BCUT2D eigenvalue weighted by molar-refractivity contribution is -0.887. The standard InChI is InChI=1S/C50H95NO7/c1-6-8-10-12-14-16-18-20-22-23-24-25-26-27-29-30-32-34-36-38-40-48(52)57-45-46(44-56-43-42-47(50(54)55)51(3,4)5)58-49(53)41-39-37-35-33-31-28-21-19-17-15-13-11-9-7-2/h19,21,46-47H,6-18,20,22-45H2,1-5H3/p+1/b21-19-. The summed E-state index contributed by atoms with van der Waals surface area (Å²) in [5.74, 6) is -1.46. The lowest BCUT2D eigenvalue weighted by atomic mass is 10.0. The van der Waals surface area contributed by atoms with Crippen molar-refractivity contribution in [1.82, 2.24) is 0 Å². The van der Waals surface area contributed by atoms with Crippen LogP contribution >= 0.6 is 0 Å². The first kappa shape index (κ1) is 56.1. The number of aliphatic carboxylic acids is 1. The maximum absolute atomic E-state index is 12.7. The molecule has 0 aromatic carbocycles. The molecule has 2 atom stereocenters. The van der Waals surface area contributed by atoms with Gasteiger partial charge in [0.15, 0.2) is 12.1 Å². The number of likely N-dealkylation sites (N-methyl/N-ethyl adjacent to an activating group) is 1. The first-order valence-electron chi connectivity index (χ1n) is 24.7. The van der Waals surface area contributed by atoms with E-state index in [1.807, 2.05) is 21.1 Å². The summed E-state index contributed by atoms with van der Waals surface area (Å²) in [7, 11) is 5.54. The summed E-state index contributed by atoms with van der Waals surface area (Å²) in [4.78, 5) is 37.1. The summed E-state index contributed by atoms with van der Waals surface area (Å²) in [6, 6.07) is -0.612. The van der Waals surface area contributed by atoms with Gasteiger partial charge in [-0.25, -0.2) is 4.79 Å². The van der Waals surface area contributed by atoms with E-state index in [4.69, 9.17) is 14.2 Å². The molecule has 342 valence electrons. The highest BCUT2D eigenvalue weighted by molar-refractivity contribution is 5.72. The zero-order chi connectivity index (χ0) is 42.8. The molecule has 0 heterocycles. The van der Waals surface area contributed by atoms with Gasteiger partial charge in [0, 0.05) is 19.3 Å². The second kappa shape index (κ2) is 41.8. The Morgan fingerprint density at radius 2 is 0.862 bits per heavy atom. The number of allylic oxidation sites excluding steroid dienone is 2. The van der Waals surface area contributed by atoms with Gasteiger partial charge in [0.1, 0.15) is 6.61 Å². The monoisotopic (exact) mass is 823 g/mol. The van der Waals surface area contributed by atoms with Crippen LogP contribution in [0.2, 0.25) is 0 Å². The van der Waals surface area contributed by atoms with Gasteiger partial charge in [-0.2, -0.15) is 0 Å². The van der Waals surface area contributed by atoms with E-state index in [-0.39, 0.29) is 36.2 Å². The van der Waals surface area contributed by atoms with Crippen LogP contribution in [0.1, 0.15) is 239 Å². The van der Waals surface area contributed by atoms with Gasteiger partial charge in [-0.15, -0.1) is 0 Å². The van der Waals surface area contributed by atoms with Crippen LogP contribution in [0.25, 0.3) is 0 Å². The Hall–Kier alpha value is -1.93. The molecule has 0 aromatic heterocycles.